The zero-order chi connectivity index (χ0) is 3.58. The second-order valence-electron chi connectivity index (χ2n) is 0.224. The SMILES string of the molecule is [O]=[Nb](=[O])=[O]. The Balaban J connectivity index is 4.65. The summed E-state index contributed by atoms with van der Waals surface area (Å²) in [5.41, 5.74) is 0. The van der Waals surface area contributed by atoms with Gasteiger partial charge in [0.1, 0.15) is 0 Å². The summed E-state index contributed by atoms with van der Waals surface area (Å²) in [5, 5.41) is 0. The average Bonchev–Trinajstić information content (AvgIpc) is 0.811. The number of rotatable bonds is 0. The Kier molecular flexibility index (Phi) is 1.51. The molecule has 3 nitrogen and oxygen atoms in total. The topological polar surface area (TPSA) is 51.2 Å². The Morgan fingerprint density at radius 2 is 1.00 bits per heavy atom. The predicted octanol–water partition coefficient (Wildman–Crippen LogP) is -0.359. The molecule has 4 heavy (non-hydrogen) atoms. The first kappa shape index (κ1) is 4.14. The molecule has 0 saturated carbocycles. The molecule has 0 radical (unpaired) electrons. The molecule has 0 aliphatic rings. The Labute approximate surface area is 28.7 Å². The van der Waals surface area contributed by atoms with Crippen molar-refractivity contribution >= 4 is 0 Å². The molecule has 4 heteroatoms. The van der Waals surface area contributed by atoms with Crippen LogP contribution in [0, 0.1) is 0 Å². The van der Waals surface area contributed by atoms with Gasteiger partial charge in [0.2, 0.25) is 0 Å². The van der Waals surface area contributed by atoms with E-state index in [1.165, 1.54) is 0 Å². The molecular formula is NbO3. The van der Waals surface area contributed by atoms with E-state index in [-0.39, 0.29) is 0 Å². The van der Waals surface area contributed by atoms with Crippen molar-refractivity contribution in [2.45, 2.75) is 0 Å². The predicted molar refractivity (Wildman–Crippen MR) is 2.06 cm³/mol. The Morgan fingerprint density at radius 1 is 1.00 bits per heavy atom. The van der Waals surface area contributed by atoms with Crippen LogP contribution in [-0.2, 0) is 28.1 Å². The minimum atomic E-state index is -4.20. The second kappa shape index (κ2) is 1.46. The van der Waals surface area contributed by atoms with Crippen molar-refractivity contribution < 1.29 is 28.1 Å². The molecule has 0 unspecified atom stereocenters. The maximum absolute atomic E-state index is 8.60. The normalized spacial score (nSPS) is 6.00. The third-order valence-electron chi connectivity index (χ3n) is 0. The summed E-state index contributed by atoms with van der Waals surface area (Å²) in [5.74, 6) is 0. The van der Waals surface area contributed by atoms with Crippen LogP contribution in [0.25, 0.3) is 0 Å². The Morgan fingerprint density at radius 3 is 1.00 bits per heavy atom. The van der Waals surface area contributed by atoms with Crippen LogP contribution < -0.4 is 0 Å². The summed E-state index contributed by atoms with van der Waals surface area (Å²) < 4.78 is 25.8. The Bertz CT molecular complexity index is 72.7. The van der Waals surface area contributed by atoms with Crippen molar-refractivity contribution in [2.75, 3.05) is 0 Å². The molecule has 0 rings (SSSR count). The minimum absolute atomic E-state index is 4.20. The fourth-order valence-corrected chi connectivity index (χ4v) is 0. The van der Waals surface area contributed by atoms with E-state index < -0.39 is 18.4 Å². The Hall–Kier alpha value is 0.140. The summed E-state index contributed by atoms with van der Waals surface area (Å²) in [6.45, 7) is 0. The number of hydrogen-bond donors (Lipinski definition) is 0. The van der Waals surface area contributed by atoms with Gasteiger partial charge >= 0.3 is 28.1 Å². The molecule has 0 spiro atoms. The van der Waals surface area contributed by atoms with Gasteiger partial charge in [0.05, 0.1) is 0 Å². The van der Waals surface area contributed by atoms with Crippen LogP contribution in [0.2, 0.25) is 0 Å². The first-order chi connectivity index (χ1) is 1.73. The van der Waals surface area contributed by atoms with E-state index in [1.807, 2.05) is 0 Å². The van der Waals surface area contributed by atoms with E-state index >= 15 is 0 Å². The maximum atomic E-state index is 8.60. The zero-order valence-corrected chi connectivity index (χ0v) is 3.87. The molecule has 0 aromatic rings. The zero-order valence-electron chi connectivity index (χ0n) is 1.67. The molecule has 0 heterocycles. The van der Waals surface area contributed by atoms with E-state index in [2.05, 4.69) is 0 Å². The number of hydrogen-bond acceptors (Lipinski definition) is 3. The van der Waals surface area contributed by atoms with Crippen molar-refractivity contribution in [3.05, 3.63) is 0 Å². The van der Waals surface area contributed by atoms with Gasteiger partial charge in [-0.2, -0.15) is 0 Å². The third kappa shape index (κ3) is 141. The van der Waals surface area contributed by atoms with Crippen molar-refractivity contribution in [3.63, 3.8) is 0 Å². The van der Waals surface area contributed by atoms with Crippen molar-refractivity contribution in [3.8, 4) is 0 Å². The fraction of sp³-hybridized carbons (Fsp3) is 0. The van der Waals surface area contributed by atoms with Gasteiger partial charge in [0, 0.05) is 0 Å². The van der Waals surface area contributed by atoms with Crippen LogP contribution in [0.5, 0.6) is 0 Å². The van der Waals surface area contributed by atoms with Gasteiger partial charge in [0.25, 0.3) is 0 Å². The second-order valence-corrected chi connectivity index (χ2v) is 1.32. The summed E-state index contributed by atoms with van der Waals surface area (Å²) in [7, 11) is 0. The van der Waals surface area contributed by atoms with Crippen molar-refractivity contribution in [1.29, 1.82) is 0 Å². The van der Waals surface area contributed by atoms with Crippen molar-refractivity contribution in [1.82, 2.24) is 0 Å². The first-order valence-electron chi connectivity index (χ1n) is 0.548. The van der Waals surface area contributed by atoms with E-state index in [0.717, 1.165) is 0 Å². The summed E-state index contributed by atoms with van der Waals surface area (Å²) in [4.78, 5) is 0. The van der Waals surface area contributed by atoms with Gasteiger partial charge in [-0.3, -0.25) is 0 Å². The molecule has 0 saturated heterocycles. The molecule has 0 amide bonds. The van der Waals surface area contributed by atoms with Gasteiger partial charge in [-0.25, -0.2) is 0 Å². The van der Waals surface area contributed by atoms with E-state index in [0.29, 0.717) is 0 Å². The molecular weight excluding hydrogens is 141 g/mol. The molecule has 0 aromatic carbocycles. The van der Waals surface area contributed by atoms with Gasteiger partial charge < -0.3 is 0 Å². The van der Waals surface area contributed by atoms with Crippen LogP contribution in [-0.4, -0.2) is 0 Å². The average molecular weight is 141 g/mol. The molecule has 0 aliphatic heterocycles. The molecule has 23 valence electrons. The van der Waals surface area contributed by atoms with Crippen LogP contribution >= 0.6 is 0 Å². The van der Waals surface area contributed by atoms with E-state index in [1.54, 1.807) is 0 Å². The van der Waals surface area contributed by atoms with E-state index in [9.17, 15) is 0 Å². The standard InChI is InChI=1S/Nb.3O. The monoisotopic (exact) mass is 141 g/mol. The quantitative estimate of drug-likeness (QED) is 0.432. The van der Waals surface area contributed by atoms with Gasteiger partial charge in [-0.15, -0.1) is 0 Å². The molecule has 0 aliphatic carbocycles. The van der Waals surface area contributed by atoms with Crippen LogP contribution in [0.1, 0.15) is 0 Å². The fourth-order valence-electron chi connectivity index (χ4n) is 0. The first-order valence-corrected chi connectivity index (χ1v) is 3.24. The van der Waals surface area contributed by atoms with Gasteiger partial charge in [0.15, 0.2) is 0 Å². The summed E-state index contributed by atoms with van der Waals surface area (Å²) >= 11 is -4.20. The molecule has 0 aromatic heterocycles. The molecule has 0 fully saturated rings. The van der Waals surface area contributed by atoms with E-state index in [4.69, 9.17) is 9.75 Å². The van der Waals surface area contributed by atoms with Gasteiger partial charge in [-0.05, 0) is 0 Å². The summed E-state index contributed by atoms with van der Waals surface area (Å²) in [6.07, 6.45) is 0. The van der Waals surface area contributed by atoms with Crippen LogP contribution in [0.15, 0.2) is 0 Å². The molecule has 0 atom stereocenters. The van der Waals surface area contributed by atoms with Gasteiger partial charge in [-0.1, -0.05) is 0 Å². The molecule has 0 N–H and O–H groups in total. The molecule has 0 bridgehead atoms. The third-order valence-corrected chi connectivity index (χ3v) is 0. The van der Waals surface area contributed by atoms with Crippen LogP contribution in [0.3, 0.4) is 0 Å². The van der Waals surface area contributed by atoms with Crippen LogP contribution in [0.4, 0.5) is 0 Å². The van der Waals surface area contributed by atoms with Crippen molar-refractivity contribution in [2.24, 2.45) is 0 Å². The summed E-state index contributed by atoms with van der Waals surface area (Å²) in [6, 6.07) is 0.